The van der Waals surface area contributed by atoms with Crippen molar-refractivity contribution in [2.45, 2.75) is 78.2 Å². The maximum Gasteiger partial charge on any atom is 0.306 e. The second kappa shape index (κ2) is 11.7. The molecule has 0 unspecified atom stereocenters. The molecule has 0 aliphatic carbocycles. The first-order valence-corrected chi connectivity index (χ1v) is 6.97. The predicted molar refractivity (Wildman–Crippen MR) is 73.0 cm³/mol. The minimum Gasteiger partial charge on any atom is -0.463 e. The predicted octanol–water partition coefficient (Wildman–Crippen LogP) is 4.63. The van der Waals surface area contributed by atoms with E-state index < -0.39 is 0 Å². The highest BCUT2D eigenvalue weighted by Gasteiger charge is 2.04. The summed E-state index contributed by atoms with van der Waals surface area (Å²) in [7, 11) is 0. The van der Waals surface area contributed by atoms with Gasteiger partial charge in [0.05, 0.1) is 6.10 Å². The molecule has 0 fully saturated rings. The van der Waals surface area contributed by atoms with E-state index in [0.29, 0.717) is 6.42 Å². The Kier molecular flexibility index (Phi) is 11.1. The van der Waals surface area contributed by atoms with Crippen LogP contribution in [0, 0.1) is 0 Å². The van der Waals surface area contributed by atoms with Gasteiger partial charge in [0.25, 0.3) is 0 Å². The summed E-state index contributed by atoms with van der Waals surface area (Å²) < 4.78 is 5.08. The second-order valence-corrected chi connectivity index (χ2v) is 4.77. The topological polar surface area (TPSA) is 26.3 Å². The highest BCUT2D eigenvalue weighted by molar-refractivity contribution is 5.69. The smallest absolute Gasteiger partial charge is 0.306 e. The van der Waals surface area contributed by atoms with E-state index in [9.17, 15) is 4.79 Å². The molecule has 100 valence electrons. The van der Waals surface area contributed by atoms with Gasteiger partial charge in [0.1, 0.15) is 0 Å². The van der Waals surface area contributed by atoms with Gasteiger partial charge in [-0.2, -0.15) is 0 Å². The van der Waals surface area contributed by atoms with Crippen LogP contribution in [-0.4, -0.2) is 12.1 Å². The van der Waals surface area contributed by atoms with Crippen molar-refractivity contribution in [3.8, 4) is 0 Å². The van der Waals surface area contributed by atoms with Crippen LogP contribution < -0.4 is 0 Å². The summed E-state index contributed by atoms with van der Waals surface area (Å²) in [6, 6.07) is 0. The monoisotopic (exact) mass is 240 g/mol. The molecule has 0 aliphatic heterocycles. The summed E-state index contributed by atoms with van der Waals surface area (Å²) in [4.78, 5) is 11.2. The molecule has 0 radical (unpaired) electrons. The van der Waals surface area contributed by atoms with Crippen LogP contribution in [-0.2, 0) is 9.53 Å². The van der Waals surface area contributed by atoms with E-state index in [1.165, 1.54) is 32.1 Å². The zero-order valence-corrected chi connectivity index (χ0v) is 11.7. The molecule has 0 aliphatic rings. The van der Waals surface area contributed by atoms with Crippen LogP contribution in [0.15, 0.2) is 12.2 Å². The first-order chi connectivity index (χ1) is 8.16. The summed E-state index contributed by atoms with van der Waals surface area (Å²) in [5.74, 6) is -0.0481. The molecule has 0 N–H and O–H groups in total. The summed E-state index contributed by atoms with van der Waals surface area (Å²) >= 11 is 0. The molecule has 0 bridgehead atoms. The van der Waals surface area contributed by atoms with E-state index in [0.717, 1.165) is 12.8 Å². The van der Waals surface area contributed by atoms with Crippen LogP contribution in [0.2, 0.25) is 0 Å². The summed E-state index contributed by atoms with van der Waals surface area (Å²) in [6.07, 6.45) is 13.4. The quantitative estimate of drug-likeness (QED) is 0.316. The lowest BCUT2D eigenvalue weighted by Crippen LogP contribution is -2.10. The fraction of sp³-hybridized carbons (Fsp3) is 0.800. The summed E-state index contributed by atoms with van der Waals surface area (Å²) in [6.45, 7) is 5.85. The summed E-state index contributed by atoms with van der Waals surface area (Å²) in [5, 5.41) is 0. The third-order valence-corrected chi connectivity index (χ3v) is 2.60. The van der Waals surface area contributed by atoms with Gasteiger partial charge < -0.3 is 4.74 Å². The molecule has 0 atom stereocenters. The van der Waals surface area contributed by atoms with Crippen molar-refractivity contribution in [2.24, 2.45) is 0 Å². The molecule has 0 aromatic carbocycles. The van der Waals surface area contributed by atoms with Crippen LogP contribution in [0.5, 0.6) is 0 Å². The van der Waals surface area contributed by atoms with Gasteiger partial charge in [0.15, 0.2) is 0 Å². The van der Waals surface area contributed by atoms with Gasteiger partial charge in [-0.15, -0.1) is 0 Å². The maximum absolute atomic E-state index is 11.2. The van der Waals surface area contributed by atoms with E-state index in [4.69, 9.17) is 4.74 Å². The summed E-state index contributed by atoms with van der Waals surface area (Å²) in [5.41, 5.74) is 0. The number of allylic oxidation sites excluding steroid dienone is 2. The second-order valence-electron chi connectivity index (χ2n) is 4.77. The van der Waals surface area contributed by atoms with Crippen molar-refractivity contribution in [2.75, 3.05) is 0 Å². The Bertz CT molecular complexity index is 207. The van der Waals surface area contributed by atoms with Crippen LogP contribution in [0.1, 0.15) is 72.1 Å². The fourth-order valence-electron chi connectivity index (χ4n) is 1.73. The van der Waals surface area contributed by atoms with Gasteiger partial charge in [-0.05, 0) is 40.0 Å². The molecular formula is C15H28O2. The standard InChI is InChI=1S/C15H28O2/c1-4-5-6-7-8-9-10-11-12-13-15(16)17-14(2)3/h4-5,14H,6-13H2,1-3H3/b5-4-. The normalized spacial score (nSPS) is 11.3. The molecule has 0 saturated heterocycles. The number of hydrogen-bond donors (Lipinski definition) is 0. The van der Waals surface area contributed by atoms with Crippen molar-refractivity contribution in [1.82, 2.24) is 0 Å². The Labute approximate surface area is 106 Å². The van der Waals surface area contributed by atoms with Crippen molar-refractivity contribution >= 4 is 5.97 Å². The largest absolute Gasteiger partial charge is 0.463 e. The molecule has 0 rings (SSSR count). The molecule has 0 amide bonds. The third-order valence-electron chi connectivity index (χ3n) is 2.60. The molecule has 0 aromatic heterocycles. The molecule has 0 heterocycles. The average molecular weight is 240 g/mol. The van der Waals surface area contributed by atoms with Crippen molar-refractivity contribution in [1.29, 1.82) is 0 Å². The van der Waals surface area contributed by atoms with Crippen LogP contribution >= 0.6 is 0 Å². The lowest BCUT2D eigenvalue weighted by atomic mass is 10.1. The Morgan fingerprint density at radius 3 is 2.24 bits per heavy atom. The van der Waals surface area contributed by atoms with E-state index in [1.54, 1.807) is 0 Å². The third kappa shape index (κ3) is 13.1. The number of rotatable bonds is 10. The van der Waals surface area contributed by atoms with Gasteiger partial charge in [0, 0.05) is 6.42 Å². The minimum atomic E-state index is -0.0481. The highest BCUT2D eigenvalue weighted by atomic mass is 16.5. The molecule has 0 saturated carbocycles. The number of carbonyl (C=O) groups excluding carboxylic acids is 1. The molecule has 0 aromatic rings. The lowest BCUT2D eigenvalue weighted by Gasteiger charge is -2.07. The molecule has 2 heteroatoms. The fourth-order valence-corrected chi connectivity index (χ4v) is 1.73. The van der Waals surface area contributed by atoms with E-state index in [-0.39, 0.29) is 12.1 Å². The van der Waals surface area contributed by atoms with Crippen LogP contribution in [0.3, 0.4) is 0 Å². The van der Waals surface area contributed by atoms with Crippen molar-refractivity contribution in [3.05, 3.63) is 12.2 Å². The number of ether oxygens (including phenoxy) is 1. The first kappa shape index (κ1) is 16.2. The molecule has 2 nitrogen and oxygen atoms in total. The van der Waals surface area contributed by atoms with Crippen LogP contribution in [0.25, 0.3) is 0 Å². The first-order valence-electron chi connectivity index (χ1n) is 6.97. The Morgan fingerprint density at radius 1 is 1.06 bits per heavy atom. The molecular weight excluding hydrogens is 212 g/mol. The molecule has 0 spiro atoms. The van der Waals surface area contributed by atoms with Crippen molar-refractivity contribution < 1.29 is 9.53 Å². The maximum atomic E-state index is 11.2. The van der Waals surface area contributed by atoms with Gasteiger partial charge in [-0.1, -0.05) is 37.8 Å². The SMILES string of the molecule is C/C=C\CCCCCCCCC(=O)OC(C)C. The number of esters is 1. The zero-order chi connectivity index (χ0) is 12.9. The van der Waals surface area contributed by atoms with E-state index in [1.807, 2.05) is 13.8 Å². The zero-order valence-electron chi connectivity index (χ0n) is 11.7. The minimum absolute atomic E-state index is 0.0223. The van der Waals surface area contributed by atoms with Gasteiger partial charge >= 0.3 is 5.97 Å². The lowest BCUT2D eigenvalue weighted by molar-refractivity contribution is -0.147. The Morgan fingerprint density at radius 2 is 1.65 bits per heavy atom. The average Bonchev–Trinajstić information content (AvgIpc) is 2.26. The number of carbonyl (C=O) groups is 1. The Balaban J connectivity index is 3.15. The van der Waals surface area contributed by atoms with Crippen LogP contribution in [0.4, 0.5) is 0 Å². The van der Waals surface area contributed by atoms with Gasteiger partial charge in [-0.3, -0.25) is 4.79 Å². The number of unbranched alkanes of at least 4 members (excludes halogenated alkanes) is 6. The van der Waals surface area contributed by atoms with E-state index in [2.05, 4.69) is 19.1 Å². The number of hydrogen-bond acceptors (Lipinski definition) is 2. The molecule has 17 heavy (non-hydrogen) atoms. The Hall–Kier alpha value is -0.790. The highest BCUT2D eigenvalue weighted by Crippen LogP contribution is 2.09. The van der Waals surface area contributed by atoms with Gasteiger partial charge in [-0.25, -0.2) is 0 Å². The van der Waals surface area contributed by atoms with E-state index >= 15 is 0 Å². The van der Waals surface area contributed by atoms with Crippen molar-refractivity contribution in [3.63, 3.8) is 0 Å². The van der Waals surface area contributed by atoms with Gasteiger partial charge in [0.2, 0.25) is 0 Å².